The number of benzene rings is 2. The van der Waals surface area contributed by atoms with Crippen LogP contribution in [-0.2, 0) is 6.54 Å². The molecule has 6 heteroatoms. The molecule has 0 saturated carbocycles. The number of thiazole rings is 1. The van der Waals surface area contributed by atoms with E-state index in [0.717, 1.165) is 22.6 Å². The largest absolute Gasteiger partial charge is 0.431 e. The topological polar surface area (TPSA) is 63.2 Å². The Morgan fingerprint density at radius 2 is 1.88 bits per heavy atom. The Morgan fingerprint density at radius 3 is 2.54 bits per heavy atom. The second kappa shape index (κ2) is 7.61. The summed E-state index contributed by atoms with van der Waals surface area (Å²) in [6.45, 7) is 2.45. The summed E-state index contributed by atoms with van der Waals surface area (Å²) in [6, 6.07) is 15.0. The van der Waals surface area contributed by atoms with Crippen molar-refractivity contribution in [3.8, 4) is 10.9 Å². The van der Waals surface area contributed by atoms with Crippen LogP contribution in [0.5, 0.6) is 10.9 Å². The number of ether oxygens (including phenoxy) is 1. The highest BCUT2D eigenvalue weighted by Crippen LogP contribution is 2.23. The van der Waals surface area contributed by atoms with Crippen molar-refractivity contribution in [1.82, 2.24) is 10.3 Å². The third-order valence-corrected chi connectivity index (χ3v) is 3.95. The Bertz CT molecular complexity index is 784. The number of urea groups is 1. The molecular weight excluding hydrogens is 322 g/mol. The normalized spacial score (nSPS) is 10.2. The van der Waals surface area contributed by atoms with Gasteiger partial charge in [-0.1, -0.05) is 41.2 Å². The number of rotatable bonds is 5. The van der Waals surface area contributed by atoms with Gasteiger partial charge in [-0.25, -0.2) is 9.78 Å². The summed E-state index contributed by atoms with van der Waals surface area (Å²) < 4.78 is 5.60. The van der Waals surface area contributed by atoms with Crippen molar-refractivity contribution in [1.29, 1.82) is 0 Å². The summed E-state index contributed by atoms with van der Waals surface area (Å²) in [4.78, 5) is 16.0. The minimum atomic E-state index is -0.234. The molecule has 122 valence electrons. The van der Waals surface area contributed by atoms with E-state index < -0.39 is 0 Å². The van der Waals surface area contributed by atoms with E-state index in [1.54, 1.807) is 6.20 Å². The lowest BCUT2D eigenvalue weighted by atomic mass is 10.2. The Balaban J connectivity index is 1.49. The van der Waals surface area contributed by atoms with Crippen LogP contribution in [0.3, 0.4) is 0 Å². The highest BCUT2D eigenvalue weighted by molar-refractivity contribution is 7.11. The summed E-state index contributed by atoms with van der Waals surface area (Å²) in [6.07, 6.45) is 1.70. The number of carbonyl (C=O) groups is 1. The number of amides is 2. The molecule has 0 fully saturated rings. The number of anilines is 1. The first-order chi connectivity index (χ1) is 11.7. The minimum absolute atomic E-state index is 0.234. The molecule has 0 aliphatic rings. The van der Waals surface area contributed by atoms with E-state index in [0.29, 0.717) is 11.7 Å². The second-order valence-electron chi connectivity index (χ2n) is 5.22. The summed E-state index contributed by atoms with van der Waals surface area (Å²) in [7, 11) is 0. The van der Waals surface area contributed by atoms with Gasteiger partial charge < -0.3 is 15.4 Å². The van der Waals surface area contributed by atoms with E-state index >= 15 is 0 Å². The molecule has 0 atom stereocenters. The molecule has 0 spiro atoms. The smallest absolute Gasteiger partial charge is 0.319 e. The maximum absolute atomic E-state index is 11.9. The van der Waals surface area contributed by atoms with Gasteiger partial charge in [0.2, 0.25) is 0 Å². The molecule has 0 radical (unpaired) electrons. The van der Waals surface area contributed by atoms with E-state index in [1.807, 2.05) is 60.8 Å². The fraction of sp³-hybridized carbons (Fsp3) is 0.111. The van der Waals surface area contributed by atoms with Gasteiger partial charge in [0.1, 0.15) is 5.75 Å². The van der Waals surface area contributed by atoms with Gasteiger partial charge in [0.25, 0.3) is 5.19 Å². The summed E-state index contributed by atoms with van der Waals surface area (Å²) in [5.74, 6) is 0.720. The molecule has 0 aliphatic heterocycles. The molecule has 0 aliphatic carbocycles. The van der Waals surface area contributed by atoms with Gasteiger partial charge >= 0.3 is 6.03 Å². The predicted octanol–water partition coefficient (Wildman–Crippen LogP) is 4.57. The van der Waals surface area contributed by atoms with Crippen molar-refractivity contribution in [2.75, 3.05) is 5.32 Å². The van der Waals surface area contributed by atoms with Gasteiger partial charge in [0.15, 0.2) is 0 Å². The molecule has 0 saturated heterocycles. The SMILES string of the molecule is Cc1ccc(NC(=O)NCc2ccc(Oc3nccs3)cc2)cc1. The van der Waals surface area contributed by atoms with Crippen molar-refractivity contribution in [3.63, 3.8) is 0 Å². The Kier molecular flexibility index (Phi) is 5.08. The number of aromatic nitrogens is 1. The molecule has 5 nitrogen and oxygen atoms in total. The average molecular weight is 339 g/mol. The monoisotopic (exact) mass is 339 g/mol. The van der Waals surface area contributed by atoms with Gasteiger partial charge in [-0.3, -0.25) is 0 Å². The van der Waals surface area contributed by atoms with Crippen molar-refractivity contribution < 1.29 is 9.53 Å². The molecule has 2 aromatic carbocycles. The first-order valence-corrected chi connectivity index (χ1v) is 8.35. The number of nitrogens with zero attached hydrogens (tertiary/aromatic N) is 1. The molecule has 2 amide bonds. The van der Waals surface area contributed by atoms with Crippen molar-refractivity contribution in [2.45, 2.75) is 13.5 Å². The summed E-state index contributed by atoms with van der Waals surface area (Å²) in [5, 5.41) is 8.10. The zero-order valence-electron chi connectivity index (χ0n) is 13.2. The summed E-state index contributed by atoms with van der Waals surface area (Å²) in [5.41, 5.74) is 2.91. The van der Waals surface area contributed by atoms with Crippen LogP contribution in [0.4, 0.5) is 10.5 Å². The van der Waals surface area contributed by atoms with Crippen LogP contribution in [0.2, 0.25) is 0 Å². The zero-order valence-corrected chi connectivity index (χ0v) is 14.0. The standard InChI is InChI=1S/C18H17N3O2S/c1-13-2-6-15(7-3-13)21-17(22)20-12-14-4-8-16(9-5-14)23-18-19-10-11-24-18/h2-11H,12H2,1H3,(H2,20,21,22). The fourth-order valence-electron chi connectivity index (χ4n) is 2.03. The van der Waals surface area contributed by atoms with E-state index in [9.17, 15) is 4.79 Å². The highest BCUT2D eigenvalue weighted by atomic mass is 32.1. The first-order valence-electron chi connectivity index (χ1n) is 7.47. The van der Waals surface area contributed by atoms with Crippen LogP contribution in [0.1, 0.15) is 11.1 Å². The molecule has 1 heterocycles. The highest BCUT2D eigenvalue weighted by Gasteiger charge is 2.03. The van der Waals surface area contributed by atoms with Gasteiger partial charge in [0, 0.05) is 23.8 Å². The lowest BCUT2D eigenvalue weighted by molar-refractivity contribution is 0.251. The molecule has 0 bridgehead atoms. The van der Waals surface area contributed by atoms with Crippen LogP contribution in [0.15, 0.2) is 60.1 Å². The second-order valence-corrected chi connectivity index (χ2v) is 6.07. The predicted molar refractivity (Wildman–Crippen MR) is 95.7 cm³/mol. The first kappa shape index (κ1) is 16.0. The Hall–Kier alpha value is -2.86. The number of nitrogens with one attached hydrogen (secondary N) is 2. The maximum atomic E-state index is 11.9. The van der Waals surface area contributed by atoms with E-state index in [4.69, 9.17) is 4.74 Å². The zero-order chi connectivity index (χ0) is 16.8. The lowest BCUT2D eigenvalue weighted by Crippen LogP contribution is -2.28. The molecule has 2 N–H and O–H groups in total. The van der Waals surface area contributed by atoms with Crippen LogP contribution in [-0.4, -0.2) is 11.0 Å². The van der Waals surface area contributed by atoms with Gasteiger partial charge in [0.05, 0.1) is 0 Å². The average Bonchev–Trinajstić information content (AvgIpc) is 3.09. The van der Waals surface area contributed by atoms with Crippen molar-refractivity contribution >= 4 is 23.1 Å². The van der Waals surface area contributed by atoms with Crippen LogP contribution >= 0.6 is 11.3 Å². The Morgan fingerprint density at radius 1 is 1.12 bits per heavy atom. The third kappa shape index (κ3) is 4.57. The quantitative estimate of drug-likeness (QED) is 0.716. The van der Waals surface area contributed by atoms with Crippen molar-refractivity contribution in [3.05, 3.63) is 71.2 Å². The molecular formula is C18H17N3O2S. The molecule has 1 aromatic heterocycles. The number of hydrogen-bond acceptors (Lipinski definition) is 4. The van der Waals surface area contributed by atoms with Crippen LogP contribution in [0, 0.1) is 6.92 Å². The van der Waals surface area contributed by atoms with E-state index in [-0.39, 0.29) is 6.03 Å². The fourth-order valence-corrected chi connectivity index (χ4v) is 2.54. The van der Waals surface area contributed by atoms with Gasteiger partial charge in [-0.05, 0) is 36.8 Å². The Labute approximate surface area is 144 Å². The van der Waals surface area contributed by atoms with E-state index in [1.165, 1.54) is 11.3 Å². The molecule has 3 rings (SSSR count). The van der Waals surface area contributed by atoms with Gasteiger partial charge in [-0.15, -0.1) is 0 Å². The number of aryl methyl sites for hydroxylation is 1. The van der Waals surface area contributed by atoms with Crippen molar-refractivity contribution in [2.24, 2.45) is 0 Å². The number of hydrogen-bond donors (Lipinski definition) is 2. The van der Waals surface area contributed by atoms with Gasteiger partial charge in [-0.2, -0.15) is 0 Å². The summed E-state index contributed by atoms with van der Waals surface area (Å²) >= 11 is 1.44. The maximum Gasteiger partial charge on any atom is 0.319 e. The minimum Gasteiger partial charge on any atom is -0.431 e. The lowest BCUT2D eigenvalue weighted by Gasteiger charge is -2.08. The van der Waals surface area contributed by atoms with Crippen LogP contribution < -0.4 is 15.4 Å². The molecule has 3 aromatic rings. The van der Waals surface area contributed by atoms with Crippen LogP contribution in [0.25, 0.3) is 0 Å². The molecule has 24 heavy (non-hydrogen) atoms. The molecule has 0 unspecified atom stereocenters. The van der Waals surface area contributed by atoms with E-state index in [2.05, 4.69) is 15.6 Å². The third-order valence-electron chi connectivity index (χ3n) is 3.30. The number of carbonyl (C=O) groups excluding carboxylic acids is 1.